The summed E-state index contributed by atoms with van der Waals surface area (Å²) in [5.41, 5.74) is 0. The van der Waals surface area contributed by atoms with E-state index in [0.29, 0.717) is 19.4 Å². The van der Waals surface area contributed by atoms with Gasteiger partial charge in [-0.25, -0.2) is 0 Å². The Kier molecular flexibility index (Phi) is 41.0. The molecule has 0 heterocycles. The second-order valence-corrected chi connectivity index (χ2v) is 14.2. The highest BCUT2D eigenvalue weighted by molar-refractivity contribution is 5.70. The molecule has 1 atom stereocenters. The summed E-state index contributed by atoms with van der Waals surface area (Å²) in [6, 6.07) is 0. The van der Waals surface area contributed by atoms with E-state index < -0.39 is 6.10 Å². The van der Waals surface area contributed by atoms with Crippen LogP contribution in [0.4, 0.5) is 0 Å². The standard InChI is InChI=1S/C47H82O5/c1-4-7-10-13-16-18-20-22-23-24-26-28-30-33-36-39-42-50-43-45(52-47(49)41-38-35-31-15-12-9-6-3)44-51-46(48)40-37-34-32-29-27-25-21-19-17-14-11-8-5-2/h7,10,16,18,22-23,26,28,33,36,45H,4-6,8-9,11-15,17,19-21,24-25,27,29-32,34-35,37-44H2,1-3H3/b10-7-,18-16-,23-22-,28-26-,36-33-. The summed E-state index contributed by atoms with van der Waals surface area (Å²) in [6.07, 6.45) is 52.5. The zero-order valence-corrected chi connectivity index (χ0v) is 34.3. The van der Waals surface area contributed by atoms with E-state index in [9.17, 15) is 9.59 Å². The van der Waals surface area contributed by atoms with Crippen LogP contribution in [0, 0.1) is 0 Å². The second-order valence-electron chi connectivity index (χ2n) is 14.2. The third-order valence-corrected chi connectivity index (χ3v) is 9.09. The van der Waals surface area contributed by atoms with E-state index >= 15 is 0 Å². The number of rotatable bonds is 39. The molecule has 0 aromatic carbocycles. The van der Waals surface area contributed by atoms with Gasteiger partial charge in [0, 0.05) is 12.8 Å². The fraction of sp³-hybridized carbons (Fsp3) is 0.745. The molecule has 0 fully saturated rings. The summed E-state index contributed by atoms with van der Waals surface area (Å²) in [4.78, 5) is 25.1. The van der Waals surface area contributed by atoms with E-state index in [1.165, 1.54) is 96.3 Å². The Morgan fingerprint density at radius 1 is 0.442 bits per heavy atom. The minimum Gasteiger partial charge on any atom is -0.462 e. The Morgan fingerprint density at radius 3 is 1.27 bits per heavy atom. The van der Waals surface area contributed by atoms with Gasteiger partial charge in [0.15, 0.2) is 6.10 Å². The van der Waals surface area contributed by atoms with Crippen LogP contribution in [0.25, 0.3) is 0 Å². The van der Waals surface area contributed by atoms with Crippen LogP contribution in [0.2, 0.25) is 0 Å². The lowest BCUT2D eigenvalue weighted by molar-refractivity contribution is -0.162. The van der Waals surface area contributed by atoms with Gasteiger partial charge in [-0.2, -0.15) is 0 Å². The molecule has 1 unspecified atom stereocenters. The first-order chi connectivity index (χ1) is 25.6. The Morgan fingerprint density at radius 2 is 0.827 bits per heavy atom. The number of carbonyl (C=O) groups is 2. The first-order valence-electron chi connectivity index (χ1n) is 21.8. The van der Waals surface area contributed by atoms with Crippen molar-refractivity contribution in [3.63, 3.8) is 0 Å². The van der Waals surface area contributed by atoms with Gasteiger partial charge in [-0.15, -0.1) is 0 Å². The molecule has 0 aliphatic rings. The van der Waals surface area contributed by atoms with Gasteiger partial charge in [0.25, 0.3) is 0 Å². The van der Waals surface area contributed by atoms with E-state index in [4.69, 9.17) is 14.2 Å². The maximum Gasteiger partial charge on any atom is 0.306 e. The van der Waals surface area contributed by atoms with Crippen molar-refractivity contribution in [1.29, 1.82) is 0 Å². The molecule has 0 saturated heterocycles. The third-order valence-electron chi connectivity index (χ3n) is 9.09. The predicted octanol–water partition coefficient (Wildman–Crippen LogP) is 14.2. The van der Waals surface area contributed by atoms with Crippen molar-refractivity contribution < 1.29 is 23.8 Å². The zero-order valence-electron chi connectivity index (χ0n) is 34.3. The SMILES string of the molecule is CC/C=C\C/C=C\C/C=C\C/C=C\C/C=C\CCOCC(COC(=O)CCCCCCCCCCCCCCC)OC(=O)CCCCCCCCC. The molecule has 0 aromatic heterocycles. The van der Waals surface area contributed by atoms with Crippen molar-refractivity contribution in [3.05, 3.63) is 60.8 Å². The van der Waals surface area contributed by atoms with Crippen LogP contribution in [0.3, 0.4) is 0 Å². The summed E-state index contributed by atoms with van der Waals surface area (Å²) in [5, 5.41) is 0. The molecular formula is C47H82O5. The fourth-order valence-electron chi connectivity index (χ4n) is 5.87. The maximum atomic E-state index is 12.6. The van der Waals surface area contributed by atoms with Crippen molar-refractivity contribution in [2.45, 2.75) is 207 Å². The number of esters is 2. The highest BCUT2D eigenvalue weighted by atomic mass is 16.6. The average molecular weight is 727 g/mol. The molecule has 0 spiro atoms. The van der Waals surface area contributed by atoms with E-state index in [1.807, 2.05) is 0 Å². The number of ether oxygens (including phenoxy) is 3. The number of unbranched alkanes of at least 4 members (excludes halogenated alkanes) is 18. The number of allylic oxidation sites excluding steroid dienone is 9. The summed E-state index contributed by atoms with van der Waals surface area (Å²) in [6.45, 7) is 7.47. The molecule has 5 heteroatoms. The van der Waals surface area contributed by atoms with Crippen LogP contribution in [0.5, 0.6) is 0 Å². The van der Waals surface area contributed by atoms with Gasteiger partial charge in [0.05, 0.1) is 13.2 Å². The van der Waals surface area contributed by atoms with Crippen molar-refractivity contribution in [2.24, 2.45) is 0 Å². The lowest BCUT2D eigenvalue weighted by Gasteiger charge is -2.18. The molecule has 0 rings (SSSR count). The van der Waals surface area contributed by atoms with Gasteiger partial charge in [-0.1, -0.05) is 197 Å². The Labute approximate surface area is 322 Å². The van der Waals surface area contributed by atoms with Crippen molar-refractivity contribution in [1.82, 2.24) is 0 Å². The van der Waals surface area contributed by atoms with Crippen LogP contribution in [-0.2, 0) is 23.8 Å². The van der Waals surface area contributed by atoms with Crippen LogP contribution >= 0.6 is 0 Å². The van der Waals surface area contributed by atoms with Gasteiger partial charge in [-0.05, 0) is 51.4 Å². The predicted molar refractivity (Wildman–Crippen MR) is 224 cm³/mol. The highest BCUT2D eigenvalue weighted by Crippen LogP contribution is 2.14. The monoisotopic (exact) mass is 727 g/mol. The van der Waals surface area contributed by atoms with E-state index in [0.717, 1.165) is 70.6 Å². The van der Waals surface area contributed by atoms with Crippen LogP contribution < -0.4 is 0 Å². The molecule has 0 saturated carbocycles. The van der Waals surface area contributed by atoms with Gasteiger partial charge in [-0.3, -0.25) is 9.59 Å². The molecule has 0 bridgehead atoms. The van der Waals surface area contributed by atoms with Crippen molar-refractivity contribution in [2.75, 3.05) is 19.8 Å². The molecule has 52 heavy (non-hydrogen) atoms. The summed E-state index contributed by atoms with van der Waals surface area (Å²) in [7, 11) is 0. The molecule has 300 valence electrons. The first kappa shape index (κ1) is 49.6. The lowest BCUT2D eigenvalue weighted by atomic mass is 10.0. The minimum absolute atomic E-state index is 0.0572. The minimum atomic E-state index is -0.569. The number of carbonyl (C=O) groups excluding carboxylic acids is 2. The van der Waals surface area contributed by atoms with Crippen LogP contribution in [-0.4, -0.2) is 37.9 Å². The molecule has 5 nitrogen and oxygen atoms in total. The van der Waals surface area contributed by atoms with Crippen LogP contribution in [0.15, 0.2) is 60.8 Å². The molecule has 0 aliphatic heterocycles. The quantitative estimate of drug-likeness (QED) is 0.0358. The summed E-state index contributed by atoms with van der Waals surface area (Å²) in [5.74, 6) is -0.442. The third kappa shape index (κ3) is 40.4. The number of hydrogen-bond acceptors (Lipinski definition) is 5. The average Bonchev–Trinajstić information content (AvgIpc) is 3.14. The summed E-state index contributed by atoms with van der Waals surface area (Å²) < 4.78 is 17.1. The van der Waals surface area contributed by atoms with Crippen molar-refractivity contribution >= 4 is 11.9 Å². The lowest BCUT2D eigenvalue weighted by Crippen LogP contribution is -2.30. The van der Waals surface area contributed by atoms with Gasteiger partial charge in [0.1, 0.15) is 6.61 Å². The molecule has 0 aliphatic carbocycles. The van der Waals surface area contributed by atoms with Gasteiger partial charge < -0.3 is 14.2 Å². The Balaban J connectivity index is 4.28. The van der Waals surface area contributed by atoms with Gasteiger partial charge in [0.2, 0.25) is 0 Å². The summed E-state index contributed by atoms with van der Waals surface area (Å²) >= 11 is 0. The fourth-order valence-corrected chi connectivity index (χ4v) is 5.87. The molecule has 0 radical (unpaired) electrons. The zero-order chi connectivity index (χ0) is 37.8. The van der Waals surface area contributed by atoms with E-state index in [2.05, 4.69) is 81.5 Å². The topological polar surface area (TPSA) is 61.8 Å². The second kappa shape index (κ2) is 43.0. The molecule has 0 amide bonds. The van der Waals surface area contributed by atoms with E-state index in [-0.39, 0.29) is 25.2 Å². The largest absolute Gasteiger partial charge is 0.462 e. The Bertz CT molecular complexity index is 915. The maximum absolute atomic E-state index is 12.6. The molecule has 0 N–H and O–H groups in total. The first-order valence-corrected chi connectivity index (χ1v) is 21.8. The van der Waals surface area contributed by atoms with Crippen molar-refractivity contribution in [3.8, 4) is 0 Å². The normalized spacial score (nSPS) is 12.8. The molecular weight excluding hydrogens is 645 g/mol. The van der Waals surface area contributed by atoms with E-state index in [1.54, 1.807) is 0 Å². The van der Waals surface area contributed by atoms with Crippen LogP contribution in [0.1, 0.15) is 201 Å². The smallest absolute Gasteiger partial charge is 0.306 e. The number of hydrogen-bond donors (Lipinski definition) is 0. The van der Waals surface area contributed by atoms with Gasteiger partial charge >= 0.3 is 11.9 Å². The highest BCUT2D eigenvalue weighted by Gasteiger charge is 2.17. The molecule has 0 aromatic rings. The Hall–Kier alpha value is -2.40.